The Balaban J connectivity index is 2.04. The molecule has 0 radical (unpaired) electrons. The molecule has 0 aromatic carbocycles. The first-order chi connectivity index (χ1) is 7.40. The van der Waals surface area contributed by atoms with Gasteiger partial charge in [0, 0.05) is 12.3 Å². The molecule has 1 heterocycles. The molecule has 1 aliphatic carbocycles. The molecule has 1 aliphatic rings. The van der Waals surface area contributed by atoms with Gasteiger partial charge in [0.25, 0.3) is 0 Å². The molecule has 1 saturated carbocycles. The van der Waals surface area contributed by atoms with Gasteiger partial charge in [0.2, 0.25) is 0 Å². The van der Waals surface area contributed by atoms with E-state index < -0.39 is 0 Å². The third-order valence-corrected chi connectivity index (χ3v) is 3.00. The Morgan fingerprint density at radius 2 is 2.13 bits per heavy atom. The lowest BCUT2D eigenvalue weighted by Gasteiger charge is -2.08. The summed E-state index contributed by atoms with van der Waals surface area (Å²) in [5.41, 5.74) is 6.59. The van der Waals surface area contributed by atoms with Crippen LogP contribution in [0.2, 0.25) is 0 Å². The second-order valence-electron chi connectivity index (χ2n) is 4.17. The molecule has 1 aromatic heterocycles. The van der Waals surface area contributed by atoms with E-state index in [0.717, 1.165) is 24.4 Å². The van der Waals surface area contributed by atoms with Crippen molar-refractivity contribution in [2.24, 2.45) is 5.73 Å². The number of hydrogen-bond donors (Lipinski definition) is 1. The molecule has 0 unspecified atom stereocenters. The highest BCUT2D eigenvalue weighted by Gasteiger charge is 2.19. The summed E-state index contributed by atoms with van der Waals surface area (Å²) in [5.74, 6) is 1.47. The van der Waals surface area contributed by atoms with Gasteiger partial charge < -0.3 is 5.73 Å². The van der Waals surface area contributed by atoms with Crippen molar-refractivity contribution in [2.75, 3.05) is 6.54 Å². The van der Waals surface area contributed by atoms with Crippen molar-refractivity contribution in [1.29, 1.82) is 0 Å². The Bertz CT molecular complexity index is 307. The van der Waals surface area contributed by atoms with Gasteiger partial charge in [-0.3, -0.25) is 0 Å². The monoisotopic (exact) mass is 206 g/mol. The second-order valence-corrected chi connectivity index (χ2v) is 4.17. The topological polar surface area (TPSA) is 64.7 Å². The fourth-order valence-corrected chi connectivity index (χ4v) is 2.14. The summed E-state index contributed by atoms with van der Waals surface area (Å²) < 4.78 is 0. The standard InChI is InChI=1S/C11H18N4/c12-7-3-6-11-14-10(8-13-15-11)9-4-1-2-5-9/h8-9H,1-7,12H2. The van der Waals surface area contributed by atoms with Crippen LogP contribution >= 0.6 is 0 Å². The molecule has 0 saturated heterocycles. The number of nitrogens with zero attached hydrogens (tertiary/aromatic N) is 3. The van der Waals surface area contributed by atoms with Crippen molar-refractivity contribution in [3.63, 3.8) is 0 Å². The quantitative estimate of drug-likeness (QED) is 0.809. The molecule has 2 N–H and O–H groups in total. The van der Waals surface area contributed by atoms with Crippen LogP contribution in [0.3, 0.4) is 0 Å². The minimum Gasteiger partial charge on any atom is -0.330 e. The lowest BCUT2D eigenvalue weighted by atomic mass is 10.1. The minimum absolute atomic E-state index is 0.622. The molecule has 0 aliphatic heterocycles. The summed E-state index contributed by atoms with van der Waals surface area (Å²) in [4.78, 5) is 4.56. The number of nitrogens with two attached hydrogens (primary N) is 1. The SMILES string of the molecule is NCCCc1nncc(C2CCCC2)n1. The maximum Gasteiger partial charge on any atom is 0.151 e. The average molecular weight is 206 g/mol. The molecule has 1 aromatic rings. The van der Waals surface area contributed by atoms with Crippen LogP contribution in [-0.4, -0.2) is 21.7 Å². The Morgan fingerprint density at radius 3 is 2.87 bits per heavy atom. The molecular weight excluding hydrogens is 188 g/mol. The fraction of sp³-hybridized carbons (Fsp3) is 0.727. The fourth-order valence-electron chi connectivity index (χ4n) is 2.14. The zero-order valence-corrected chi connectivity index (χ0v) is 9.02. The first kappa shape index (κ1) is 10.5. The van der Waals surface area contributed by atoms with Gasteiger partial charge in [0.15, 0.2) is 5.82 Å². The Labute approximate surface area is 90.3 Å². The smallest absolute Gasteiger partial charge is 0.151 e. The van der Waals surface area contributed by atoms with Crippen LogP contribution in [0.5, 0.6) is 0 Å². The third-order valence-electron chi connectivity index (χ3n) is 3.00. The van der Waals surface area contributed by atoms with E-state index in [2.05, 4.69) is 15.2 Å². The summed E-state index contributed by atoms with van der Waals surface area (Å²) in [5, 5.41) is 8.06. The van der Waals surface area contributed by atoms with E-state index in [4.69, 9.17) is 5.73 Å². The van der Waals surface area contributed by atoms with Crippen LogP contribution in [0, 0.1) is 0 Å². The van der Waals surface area contributed by atoms with Crippen molar-refractivity contribution in [3.8, 4) is 0 Å². The molecule has 0 amide bonds. The number of hydrogen-bond acceptors (Lipinski definition) is 4. The van der Waals surface area contributed by atoms with Crippen molar-refractivity contribution in [3.05, 3.63) is 17.7 Å². The van der Waals surface area contributed by atoms with Crippen LogP contribution in [0.25, 0.3) is 0 Å². The van der Waals surface area contributed by atoms with Crippen LogP contribution in [0.15, 0.2) is 6.20 Å². The normalized spacial score (nSPS) is 17.1. The van der Waals surface area contributed by atoms with Gasteiger partial charge in [-0.2, -0.15) is 5.10 Å². The largest absolute Gasteiger partial charge is 0.330 e. The Morgan fingerprint density at radius 1 is 1.33 bits per heavy atom. The van der Waals surface area contributed by atoms with E-state index in [1.165, 1.54) is 25.7 Å². The summed E-state index contributed by atoms with van der Waals surface area (Å²) in [7, 11) is 0. The maximum atomic E-state index is 5.46. The van der Waals surface area contributed by atoms with Gasteiger partial charge in [-0.1, -0.05) is 12.8 Å². The van der Waals surface area contributed by atoms with Crippen molar-refractivity contribution >= 4 is 0 Å². The Hall–Kier alpha value is -1.03. The lowest BCUT2D eigenvalue weighted by molar-refractivity contribution is 0.657. The van der Waals surface area contributed by atoms with Gasteiger partial charge in [-0.25, -0.2) is 4.98 Å². The van der Waals surface area contributed by atoms with Gasteiger partial charge >= 0.3 is 0 Å². The van der Waals surface area contributed by atoms with Crippen molar-refractivity contribution in [1.82, 2.24) is 15.2 Å². The number of aromatic nitrogens is 3. The first-order valence-electron chi connectivity index (χ1n) is 5.78. The second kappa shape index (κ2) is 5.16. The highest BCUT2D eigenvalue weighted by atomic mass is 15.1. The zero-order valence-electron chi connectivity index (χ0n) is 9.02. The van der Waals surface area contributed by atoms with Crippen LogP contribution in [-0.2, 0) is 6.42 Å². The zero-order chi connectivity index (χ0) is 10.5. The summed E-state index contributed by atoms with van der Waals surface area (Å²) in [6.45, 7) is 0.691. The molecule has 82 valence electrons. The van der Waals surface area contributed by atoms with E-state index in [-0.39, 0.29) is 0 Å². The molecule has 0 spiro atoms. The van der Waals surface area contributed by atoms with E-state index in [1.807, 2.05) is 6.20 Å². The molecule has 1 fully saturated rings. The van der Waals surface area contributed by atoms with Gasteiger partial charge in [0.05, 0.1) is 11.9 Å². The maximum absolute atomic E-state index is 5.46. The van der Waals surface area contributed by atoms with E-state index in [9.17, 15) is 0 Å². The molecule has 15 heavy (non-hydrogen) atoms. The highest BCUT2D eigenvalue weighted by molar-refractivity contribution is 5.06. The molecule has 0 atom stereocenters. The van der Waals surface area contributed by atoms with E-state index >= 15 is 0 Å². The Kier molecular flexibility index (Phi) is 3.61. The summed E-state index contributed by atoms with van der Waals surface area (Å²) >= 11 is 0. The number of aryl methyl sites for hydroxylation is 1. The van der Waals surface area contributed by atoms with Crippen molar-refractivity contribution < 1.29 is 0 Å². The predicted octanol–water partition coefficient (Wildman–Crippen LogP) is 1.42. The molecule has 0 bridgehead atoms. The van der Waals surface area contributed by atoms with Gasteiger partial charge in [0.1, 0.15) is 0 Å². The number of rotatable bonds is 4. The van der Waals surface area contributed by atoms with Crippen LogP contribution < -0.4 is 5.73 Å². The van der Waals surface area contributed by atoms with Crippen molar-refractivity contribution in [2.45, 2.75) is 44.4 Å². The molecule has 2 rings (SSSR count). The van der Waals surface area contributed by atoms with Crippen LogP contribution in [0.1, 0.15) is 49.5 Å². The van der Waals surface area contributed by atoms with Crippen LogP contribution in [0.4, 0.5) is 0 Å². The van der Waals surface area contributed by atoms with E-state index in [1.54, 1.807) is 0 Å². The third kappa shape index (κ3) is 2.72. The first-order valence-corrected chi connectivity index (χ1v) is 5.78. The molecule has 4 nitrogen and oxygen atoms in total. The molecule has 4 heteroatoms. The lowest BCUT2D eigenvalue weighted by Crippen LogP contribution is -2.07. The average Bonchev–Trinajstić information content (AvgIpc) is 2.80. The van der Waals surface area contributed by atoms with E-state index in [0.29, 0.717) is 12.5 Å². The summed E-state index contributed by atoms with van der Waals surface area (Å²) in [6.07, 6.45) is 8.78. The highest BCUT2D eigenvalue weighted by Crippen LogP contribution is 2.32. The van der Waals surface area contributed by atoms with Gasteiger partial charge in [-0.05, 0) is 25.8 Å². The molecular formula is C11H18N4. The minimum atomic E-state index is 0.622. The van der Waals surface area contributed by atoms with Gasteiger partial charge in [-0.15, -0.1) is 5.10 Å². The predicted molar refractivity (Wildman–Crippen MR) is 58.4 cm³/mol. The summed E-state index contributed by atoms with van der Waals surface area (Å²) in [6, 6.07) is 0.